The van der Waals surface area contributed by atoms with Crippen LogP contribution in [-0.4, -0.2) is 64.6 Å². The minimum atomic E-state index is -1.000. The highest BCUT2D eigenvalue weighted by Crippen LogP contribution is 2.26. The number of hydrogen-bond donors (Lipinski definition) is 1. The van der Waals surface area contributed by atoms with Crippen LogP contribution in [0.3, 0.4) is 0 Å². The van der Waals surface area contributed by atoms with E-state index in [1.165, 1.54) is 4.90 Å². The molecule has 1 aromatic carbocycles. The SMILES string of the molecule is COCCOc1cn(-c2ccccc2)nc1C(=O)N1CCCC1C(=O)O. The number of likely N-dealkylation sites (tertiary alicyclic amines) is 1. The lowest BCUT2D eigenvalue weighted by molar-refractivity contribution is -0.141. The highest BCUT2D eigenvalue weighted by atomic mass is 16.5. The van der Waals surface area contributed by atoms with E-state index in [-0.39, 0.29) is 12.3 Å². The molecule has 0 saturated carbocycles. The standard InChI is InChI=1S/C18H21N3O5/c1-25-10-11-26-15-12-21(13-6-3-2-4-7-13)19-16(15)17(22)20-9-5-8-14(20)18(23)24/h2-4,6-7,12,14H,5,8-11H2,1H3,(H,23,24). The smallest absolute Gasteiger partial charge is 0.326 e. The van der Waals surface area contributed by atoms with Crippen LogP contribution >= 0.6 is 0 Å². The zero-order valence-electron chi connectivity index (χ0n) is 14.5. The summed E-state index contributed by atoms with van der Waals surface area (Å²) in [4.78, 5) is 25.7. The number of carbonyl (C=O) groups excluding carboxylic acids is 1. The number of carbonyl (C=O) groups is 2. The molecule has 1 unspecified atom stereocenters. The third-order valence-corrected chi connectivity index (χ3v) is 4.25. The third-order valence-electron chi connectivity index (χ3n) is 4.25. The zero-order chi connectivity index (χ0) is 18.5. The molecule has 1 aromatic heterocycles. The average Bonchev–Trinajstić information content (AvgIpc) is 3.30. The van der Waals surface area contributed by atoms with Crippen molar-refractivity contribution < 1.29 is 24.2 Å². The fraction of sp³-hybridized carbons (Fsp3) is 0.389. The van der Waals surface area contributed by atoms with Gasteiger partial charge in [-0.25, -0.2) is 9.48 Å². The summed E-state index contributed by atoms with van der Waals surface area (Å²) in [6.45, 7) is 1.02. The molecule has 2 aromatic rings. The van der Waals surface area contributed by atoms with Gasteiger partial charge in [-0.05, 0) is 25.0 Å². The first-order valence-corrected chi connectivity index (χ1v) is 8.42. The van der Waals surface area contributed by atoms with Crippen LogP contribution in [0.5, 0.6) is 5.75 Å². The van der Waals surface area contributed by atoms with Crippen LogP contribution in [-0.2, 0) is 9.53 Å². The highest BCUT2D eigenvalue weighted by Gasteiger charge is 2.36. The number of aromatic nitrogens is 2. The van der Waals surface area contributed by atoms with Crippen molar-refractivity contribution >= 4 is 11.9 Å². The molecule has 3 rings (SSSR count). The summed E-state index contributed by atoms with van der Waals surface area (Å²) in [6, 6.07) is 8.51. The number of nitrogens with zero attached hydrogens (tertiary/aromatic N) is 3. The van der Waals surface area contributed by atoms with Gasteiger partial charge in [0.25, 0.3) is 5.91 Å². The fourth-order valence-corrected chi connectivity index (χ4v) is 2.96. The second-order valence-electron chi connectivity index (χ2n) is 5.96. The van der Waals surface area contributed by atoms with E-state index in [0.29, 0.717) is 31.7 Å². The van der Waals surface area contributed by atoms with Crippen LogP contribution in [0.4, 0.5) is 0 Å². The molecular formula is C18H21N3O5. The summed E-state index contributed by atoms with van der Waals surface area (Å²) in [5.74, 6) is -1.12. The Labute approximate surface area is 150 Å². The summed E-state index contributed by atoms with van der Waals surface area (Å²) in [5, 5.41) is 13.7. The predicted octanol–water partition coefficient (Wildman–Crippen LogP) is 1.59. The van der Waals surface area contributed by atoms with Gasteiger partial charge in [0.15, 0.2) is 11.4 Å². The first-order chi connectivity index (χ1) is 12.6. The van der Waals surface area contributed by atoms with Gasteiger partial charge in [0, 0.05) is 13.7 Å². The summed E-state index contributed by atoms with van der Waals surface area (Å²) in [6.07, 6.45) is 2.73. The lowest BCUT2D eigenvalue weighted by atomic mass is 10.2. The summed E-state index contributed by atoms with van der Waals surface area (Å²) in [5.41, 5.74) is 0.887. The molecule has 0 aliphatic carbocycles. The Balaban J connectivity index is 1.91. The number of methoxy groups -OCH3 is 1. The van der Waals surface area contributed by atoms with Gasteiger partial charge >= 0.3 is 5.97 Å². The van der Waals surface area contributed by atoms with Crippen LogP contribution in [0.25, 0.3) is 5.69 Å². The minimum absolute atomic E-state index is 0.109. The van der Waals surface area contributed by atoms with E-state index in [4.69, 9.17) is 9.47 Å². The van der Waals surface area contributed by atoms with Crippen molar-refractivity contribution in [1.82, 2.24) is 14.7 Å². The van der Waals surface area contributed by atoms with E-state index in [1.807, 2.05) is 30.3 Å². The van der Waals surface area contributed by atoms with E-state index in [9.17, 15) is 14.7 Å². The molecule has 1 atom stereocenters. The second kappa shape index (κ2) is 8.01. The predicted molar refractivity (Wildman–Crippen MR) is 92.6 cm³/mol. The molecule has 2 heterocycles. The Morgan fingerprint density at radius 2 is 2.04 bits per heavy atom. The van der Waals surface area contributed by atoms with Crippen molar-refractivity contribution in [3.05, 3.63) is 42.2 Å². The maximum Gasteiger partial charge on any atom is 0.326 e. The van der Waals surface area contributed by atoms with Crippen LogP contribution < -0.4 is 4.74 Å². The Kier molecular flexibility index (Phi) is 5.52. The summed E-state index contributed by atoms with van der Waals surface area (Å²) < 4.78 is 12.2. The van der Waals surface area contributed by atoms with Crippen molar-refractivity contribution in [1.29, 1.82) is 0 Å². The fourth-order valence-electron chi connectivity index (χ4n) is 2.96. The largest absolute Gasteiger partial charge is 0.487 e. The number of ether oxygens (including phenoxy) is 2. The molecule has 138 valence electrons. The van der Waals surface area contributed by atoms with Gasteiger partial charge in [0.1, 0.15) is 12.6 Å². The lowest BCUT2D eigenvalue weighted by Gasteiger charge is -2.20. The van der Waals surface area contributed by atoms with E-state index in [2.05, 4.69) is 5.10 Å². The van der Waals surface area contributed by atoms with Crippen molar-refractivity contribution in [3.8, 4) is 11.4 Å². The van der Waals surface area contributed by atoms with E-state index < -0.39 is 17.9 Å². The van der Waals surface area contributed by atoms with Gasteiger partial charge in [-0.15, -0.1) is 0 Å². The molecule has 0 radical (unpaired) electrons. The van der Waals surface area contributed by atoms with Crippen molar-refractivity contribution in [2.75, 3.05) is 26.9 Å². The van der Waals surface area contributed by atoms with Crippen LogP contribution in [0.1, 0.15) is 23.3 Å². The Morgan fingerprint density at radius 1 is 1.27 bits per heavy atom. The van der Waals surface area contributed by atoms with E-state index >= 15 is 0 Å². The molecule has 8 nitrogen and oxygen atoms in total. The molecule has 26 heavy (non-hydrogen) atoms. The molecule has 0 spiro atoms. The Morgan fingerprint density at radius 3 is 2.73 bits per heavy atom. The number of aliphatic carboxylic acids is 1. The van der Waals surface area contributed by atoms with E-state index in [0.717, 1.165) is 5.69 Å². The first kappa shape index (κ1) is 17.9. The maximum absolute atomic E-state index is 12.9. The molecule has 1 aliphatic rings. The monoisotopic (exact) mass is 359 g/mol. The number of hydrogen-bond acceptors (Lipinski definition) is 5. The van der Waals surface area contributed by atoms with Crippen LogP contribution in [0.2, 0.25) is 0 Å². The lowest BCUT2D eigenvalue weighted by Crippen LogP contribution is -2.40. The molecule has 1 N–H and O–H groups in total. The van der Waals surface area contributed by atoms with Gasteiger partial charge in [-0.3, -0.25) is 4.79 Å². The Hall–Kier alpha value is -2.87. The number of carboxylic acids is 1. The number of rotatable bonds is 7. The van der Waals surface area contributed by atoms with Crippen LogP contribution in [0.15, 0.2) is 36.5 Å². The summed E-state index contributed by atoms with van der Waals surface area (Å²) in [7, 11) is 1.56. The molecule has 1 amide bonds. The molecule has 1 aliphatic heterocycles. The van der Waals surface area contributed by atoms with Gasteiger partial charge in [0.2, 0.25) is 0 Å². The van der Waals surface area contributed by atoms with Crippen molar-refractivity contribution in [2.45, 2.75) is 18.9 Å². The van der Waals surface area contributed by atoms with Gasteiger partial charge in [-0.1, -0.05) is 18.2 Å². The van der Waals surface area contributed by atoms with Gasteiger partial charge in [0.05, 0.1) is 18.5 Å². The average molecular weight is 359 g/mol. The first-order valence-electron chi connectivity index (χ1n) is 8.42. The second-order valence-corrected chi connectivity index (χ2v) is 5.96. The van der Waals surface area contributed by atoms with Gasteiger partial charge < -0.3 is 19.5 Å². The quantitative estimate of drug-likeness (QED) is 0.755. The van der Waals surface area contributed by atoms with Crippen LogP contribution in [0, 0.1) is 0 Å². The topological polar surface area (TPSA) is 93.9 Å². The number of para-hydroxylation sites is 1. The minimum Gasteiger partial charge on any atom is -0.487 e. The van der Waals surface area contributed by atoms with Crippen molar-refractivity contribution in [2.24, 2.45) is 0 Å². The molecular weight excluding hydrogens is 338 g/mol. The molecule has 1 fully saturated rings. The zero-order valence-corrected chi connectivity index (χ0v) is 14.5. The maximum atomic E-state index is 12.9. The molecule has 1 saturated heterocycles. The van der Waals surface area contributed by atoms with Gasteiger partial charge in [-0.2, -0.15) is 5.10 Å². The highest BCUT2D eigenvalue weighted by molar-refractivity contribution is 5.97. The number of benzene rings is 1. The van der Waals surface area contributed by atoms with Crippen molar-refractivity contribution in [3.63, 3.8) is 0 Å². The number of amides is 1. The molecule has 0 bridgehead atoms. The molecule has 8 heteroatoms. The number of carboxylic acid groups (broad SMARTS) is 1. The Bertz CT molecular complexity index is 774. The third kappa shape index (κ3) is 3.70. The van der Waals surface area contributed by atoms with E-state index in [1.54, 1.807) is 18.0 Å². The summed E-state index contributed by atoms with van der Waals surface area (Å²) >= 11 is 0. The normalized spacial score (nSPS) is 16.7.